The summed E-state index contributed by atoms with van der Waals surface area (Å²) in [5, 5.41) is 1.43. The number of rotatable bonds is 6. The molecule has 0 radical (unpaired) electrons. The summed E-state index contributed by atoms with van der Waals surface area (Å²) in [7, 11) is 0. The summed E-state index contributed by atoms with van der Waals surface area (Å²) in [5.74, 6) is 0. The molecule has 0 aliphatic carbocycles. The molecule has 20 heavy (non-hydrogen) atoms. The highest BCUT2D eigenvalue weighted by Crippen LogP contribution is 2.08. The zero-order valence-corrected chi connectivity index (χ0v) is 13.0. The van der Waals surface area contributed by atoms with E-state index in [1.54, 1.807) is 0 Å². The molecule has 2 aromatic rings. The van der Waals surface area contributed by atoms with Crippen LogP contribution in [-0.2, 0) is 4.65 Å². The average molecular weight is 307 g/mol. The lowest BCUT2D eigenvalue weighted by atomic mass is 9.55. The van der Waals surface area contributed by atoms with Crippen molar-refractivity contribution in [1.82, 2.24) is 0 Å². The minimum atomic E-state index is -0.126. The van der Waals surface area contributed by atoms with Crippen molar-refractivity contribution in [2.45, 2.75) is 19.8 Å². The van der Waals surface area contributed by atoms with Crippen LogP contribution in [0.5, 0.6) is 0 Å². The van der Waals surface area contributed by atoms with Crippen LogP contribution in [0.1, 0.15) is 19.8 Å². The Bertz CT molecular complexity index is 514. The Kier molecular flexibility index (Phi) is 5.96. The standard InChI is InChI=1S/C16H17BCl2O/c1-2-3-10-20-17(13-6-4-8-15(18)11-13)14-7-5-9-16(19)12-14/h4-9,11-12H,2-3,10H2,1H3. The number of hydrogen-bond acceptors (Lipinski definition) is 1. The van der Waals surface area contributed by atoms with Crippen molar-refractivity contribution in [3.63, 3.8) is 0 Å². The SMILES string of the molecule is CCCCOB(c1cccc(Cl)c1)c1cccc(Cl)c1. The van der Waals surface area contributed by atoms with E-state index in [-0.39, 0.29) is 6.92 Å². The van der Waals surface area contributed by atoms with Gasteiger partial charge in [0.1, 0.15) is 0 Å². The lowest BCUT2D eigenvalue weighted by Crippen LogP contribution is -2.45. The van der Waals surface area contributed by atoms with Gasteiger partial charge in [0.15, 0.2) is 0 Å². The summed E-state index contributed by atoms with van der Waals surface area (Å²) < 4.78 is 6.05. The zero-order chi connectivity index (χ0) is 14.4. The van der Waals surface area contributed by atoms with E-state index in [0.717, 1.165) is 30.4 Å². The average Bonchev–Trinajstić information content (AvgIpc) is 2.43. The molecule has 0 saturated carbocycles. The molecule has 0 spiro atoms. The van der Waals surface area contributed by atoms with E-state index in [2.05, 4.69) is 6.92 Å². The van der Waals surface area contributed by atoms with Crippen LogP contribution in [0, 0.1) is 0 Å². The highest BCUT2D eigenvalue weighted by Gasteiger charge is 2.21. The zero-order valence-electron chi connectivity index (χ0n) is 11.5. The van der Waals surface area contributed by atoms with Gasteiger partial charge in [-0.1, -0.05) is 60.8 Å². The van der Waals surface area contributed by atoms with E-state index in [0.29, 0.717) is 10.0 Å². The Morgan fingerprint density at radius 1 is 0.950 bits per heavy atom. The molecular formula is C16H17BCl2O. The quantitative estimate of drug-likeness (QED) is 0.581. The molecule has 1 nitrogen and oxygen atoms in total. The van der Waals surface area contributed by atoms with Crippen molar-refractivity contribution in [3.05, 3.63) is 58.6 Å². The van der Waals surface area contributed by atoms with Gasteiger partial charge in [-0.3, -0.25) is 0 Å². The van der Waals surface area contributed by atoms with Gasteiger partial charge >= 0.3 is 6.92 Å². The fraction of sp³-hybridized carbons (Fsp3) is 0.250. The van der Waals surface area contributed by atoms with E-state index in [9.17, 15) is 0 Å². The number of unbranched alkanes of at least 4 members (excludes halogenated alkanes) is 1. The fourth-order valence-electron chi connectivity index (χ4n) is 2.07. The molecule has 0 atom stereocenters. The smallest absolute Gasteiger partial charge is 0.361 e. The first-order valence-corrected chi connectivity index (χ1v) is 7.59. The largest absolute Gasteiger partial charge is 0.427 e. The van der Waals surface area contributed by atoms with E-state index in [1.165, 1.54) is 0 Å². The molecular weight excluding hydrogens is 290 g/mol. The van der Waals surface area contributed by atoms with Gasteiger partial charge in [-0.15, -0.1) is 0 Å². The summed E-state index contributed by atoms with van der Waals surface area (Å²) in [6, 6.07) is 15.6. The van der Waals surface area contributed by atoms with Crippen LogP contribution in [0.15, 0.2) is 48.5 Å². The molecule has 4 heteroatoms. The number of benzene rings is 2. The Labute approximate surface area is 131 Å². The molecule has 0 fully saturated rings. The van der Waals surface area contributed by atoms with Crippen molar-refractivity contribution >= 4 is 41.0 Å². The van der Waals surface area contributed by atoms with Gasteiger partial charge in [-0.2, -0.15) is 0 Å². The van der Waals surface area contributed by atoms with Crippen LogP contribution in [-0.4, -0.2) is 13.5 Å². The van der Waals surface area contributed by atoms with Gasteiger partial charge in [-0.25, -0.2) is 0 Å². The van der Waals surface area contributed by atoms with Gasteiger partial charge < -0.3 is 4.65 Å². The van der Waals surface area contributed by atoms with E-state index in [1.807, 2.05) is 48.5 Å². The molecule has 0 amide bonds. The maximum absolute atomic E-state index is 6.09. The topological polar surface area (TPSA) is 9.23 Å². The molecule has 0 bridgehead atoms. The van der Waals surface area contributed by atoms with Crippen LogP contribution < -0.4 is 10.9 Å². The van der Waals surface area contributed by atoms with Gasteiger partial charge in [0.25, 0.3) is 0 Å². The van der Waals surface area contributed by atoms with Crippen LogP contribution >= 0.6 is 23.2 Å². The third-order valence-electron chi connectivity index (χ3n) is 3.09. The maximum atomic E-state index is 6.09. The Morgan fingerprint density at radius 3 is 1.95 bits per heavy atom. The molecule has 104 valence electrons. The highest BCUT2D eigenvalue weighted by atomic mass is 35.5. The lowest BCUT2D eigenvalue weighted by molar-refractivity contribution is 0.324. The predicted molar refractivity (Wildman–Crippen MR) is 88.8 cm³/mol. The summed E-state index contributed by atoms with van der Waals surface area (Å²) in [4.78, 5) is 0. The molecule has 0 saturated heterocycles. The second-order valence-corrected chi connectivity index (χ2v) is 5.59. The predicted octanol–water partition coefficient (Wildman–Crippen LogP) is 3.92. The number of halogens is 2. The van der Waals surface area contributed by atoms with Crippen molar-refractivity contribution in [1.29, 1.82) is 0 Å². The first kappa shape index (κ1) is 15.4. The fourth-order valence-corrected chi connectivity index (χ4v) is 2.47. The Balaban J connectivity index is 2.29. The van der Waals surface area contributed by atoms with Crippen molar-refractivity contribution in [3.8, 4) is 0 Å². The molecule has 0 aromatic heterocycles. The van der Waals surface area contributed by atoms with E-state index in [4.69, 9.17) is 27.9 Å². The van der Waals surface area contributed by atoms with Crippen LogP contribution in [0.3, 0.4) is 0 Å². The van der Waals surface area contributed by atoms with Gasteiger partial charge in [0.2, 0.25) is 0 Å². The third-order valence-corrected chi connectivity index (χ3v) is 3.56. The van der Waals surface area contributed by atoms with Crippen molar-refractivity contribution in [2.75, 3.05) is 6.61 Å². The first-order valence-electron chi connectivity index (χ1n) is 6.83. The second-order valence-electron chi connectivity index (χ2n) is 4.71. The van der Waals surface area contributed by atoms with Crippen molar-refractivity contribution in [2.24, 2.45) is 0 Å². The molecule has 0 N–H and O–H groups in total. The molecule has 0 aliphatic rings. The molecule has 0 heterocycles. The third kappa shape index (κ3) is 4.27. The summed E-state index contributed by atoms with van der Waals surface area (Å²) in [6.07, 6.45) is 2.15. The monoisotopic (exact) mass is 306 g/mol. The van der Waals surface area contributed by atoms with E-state index < -0.39 is 0 Å². The summed E-state index contributed by atoms with van der Waals surface area (Å²) >= 11 is 12.2. The van der Waals surface area contributed by atoms with E-state index >= 15 is 0 Å². The highest BCUT2D eigenvalue weighted by molar-refractivity contribution is 6.80. The molecule has 0 unspecified atom stereocenters. The van der Waals surface area contributed by atoms with Crippen LogP contribution in [0.2, 0.25) is 10.0 Å². The Morgan fingerprint density at radius 2 is 1.50 bits per heavy atom. The summed E-state index contributed by atoms with van der Waals surface area (Å²) in [6.45, 7) is 2.75. The maximum Gasteiger partial charge on any atom is 0.361 e. The molecule has 2 aromatic carbocycles. The minimum Gasteiger partial charge on any atom is -0.427 e. The second kappa shape index (κ2) is 7.73. The van der Waals surface area contributed by atoms with Crippen LogP contribution in [0.25, 0.3) is 0 Å². The van der Waals surface area contributed by atoms with Crippen LogP contribution in [0.4, 0.5) is 0 Å². The molecule has 0 aliphatic heterocycles. The minimum absolute atomic E-state index is 0.126. The van der Waals surface area contributed by atoms with Gasteiger partial charge in [-0.05, 0) is 41.6 Å². The molecule has 2 rings (SSSR count). The normalized spacial score (nSPS) is 10.6. The Hall–Kier alpha value is -0.955. The van der Waals surface area contributed by atoms with Gasteiger partial charge in [0, 0.05) is 16.7 Å². The van der Waals surface area contributed by atoms with Crippen molar-refractivity contribution < 1.29 is 4.65 Å². The summed E-state index contributed by atoms with van der Waals surface area (Å²) in [5.41, 5.74) is 2.10. The first-order chi connectivity index (χ1) is 9.70. The number of hydrogen-bond donors (Lipinski definition) is 0. The lowest BCUT2D eigenvalue weighted by Gasteiger charge is -2.15. The van der Waals surface area contributed by atoms with Gasteiger partial charge in [0.05, 0.1) is 0 Å².